The fraction of sp³-hybridized carbons (Fsp3) is 1.00. The van der Waals surface area contributed by atoms with Gasteiger partial charge in [-0.2, -0.15) is 0 Å². The molecule has 0 aromatic heterocycles. The second kappa shape index (κ2) is 163. The van der Waals surface area contributed by atoms with Crippen molar-refractivity contribution >= 4 is 0 Å². The van der Waals surface area contributed by atoms with Crippen molar-refractivity contribution in [2.75, 3.05) is 26.4 Å². The van der Waals surface area contributed by atoms with Crippen molar-refractivity contribution in [3.8, 4) is 0 Å². The molecule has 0 saturated carbocycles. The van der Waals surface area contributed by atoms with E-state index in [2.05, 4.69) is 27.7 Å². The third-order valence-corrected chi connectivity index (χ3v) is 2.05. The van der Waals surface area contributed by atoms with Crippen LogP contribution in [0, 0.1) is 0 Å². The molecular weight excluding hydrogens is 579 g/mol. The number of rotatable bonds is 8. The molecule has 0 saturated heterocycles. The van der Waals surface area contributed by atoms with Crippen LogP contribution in [-0.2, 0) is 52.4 Å². The topological polar surface area (TPSA) is 333 Å². The van der Waals surface area contributed by atoms with Gasteiger partial charge in [-0.25, -0.2) is 0 Å². The van der Waals surface area contributed by atoms with Crippen LogP contribution in [0.2, 0.25) is 0 Å². The fourth-order valence-electron chi connectivity index (χ4n) is 0.632. The largest absolute Gasteiger partial charge is 0.412 e. The first kappa shape index (κ1) is 106. The van der Waals surface area contributed by atoms with Crippen LogP contribution in [0.3, 0.4) is 0 Å². The molecule has 0 aliphatic heterocycles. The predicted molar refractivity (Wildman–Crippen MR) is 124 cm³/mol. The van der Waals surface area contributed by atoms with Gasteiger partial charge >= 0.3 is 0 Å². The number of hydrogen-bond donors (Lipinski definition) is 4. The van der Waals surface area contributed by atoms with Crippen LogP contribution in [0.1, 0.15) is 86.5 Å². The third kappa shape index (κ3) is 311. The maximum atomic E-state index is 8.07. The smallest absolute Gasteiger partial charge is 0.0430 e. The second-order valence-corrected chi connectivity index (χ2v) is 4.31. The van der Waals surface area contributed by atoms with Crippen molar-refractivity contribution in [3.05, 3.63) is 0 Å². The van der Waals surface area contributed by atoms with Gasteiger partial charge in [0.2, 0.25) is 0 Å². The summed E-state index contributed by atoms with van der Waals surface area (Å²) >= 11 is 0. The van der Waals surface area contributed by atoms with E-state index in [1.54, 1.807) is 0 Å². The van der Waals surface area contributed by atoms with Crippen LogP contribution in [-0.4, -0.2) is 90.7 Å². The Morgan fingerprint density at radius 2 is 0.452 bits per heavy atom. The zero-order valence-corrected chi connectivity index (χ0v) is 24.2. The van der Waals surface area contributed by atoms with Crippen molar-refractivity contribution in [2.24, 2.45) is 0 Å². The summed E-state index contributed by atoms with van der Waals surface area (Å²) in [7, 11) is 0. The molecule has 20 N–H and O–H groups in total. The Bertz CT molecular complexity index is 93.1. The predicted octanol–water partition coefficient (Wildman–Crippen LogP) is -2.85. The Labute approximate surface area is 228 Å². The Balaban J connectivity index is -0.00000000757. The van der Waals surface area contributed by atoms with Crippen LogP contribution in [0.4, 0.5) is 0 Å². The molecule has 0 aromatic carbocycles. The number of aliphatic hydroxyl groups is 4. The van der Waals surface area contributed by atoms with Gasteiger partial charge in [0.05, 0.1) is 0 Å². The third-order valence-electron chi connectivity index (χ3n) is 2.05. The molecule has 0 unspecified atom stereocenters. The van der Waals surface area contributed by atoms with Crippen molar-refractivity contribution in [3.63, 3.8) is 0 Å². The van der Waals surface area contributed by atoms with Crippen LogP contribution in [0.15, 0.2) is 0 Å². The van der Waals surface area contributed by atoms with E-state index in [9.17, 15) is 0 Å². The summed E-state index contributed by atoms with van der Waals surface area (Å²) in [6.45, 7) is 9.58. The molecule has 0 fully saturated rings. The minimum atomic E-state index is 0. The average molecular weight is 639 g/mol. The zero-order valence-electron chi connectivity index (χ0n) is 19.3. The molecule has 0 amide bonds. The Morgan fingerprint density at radius 3 is 0.452 bits per heavy atom. The minimum absolute atomic E-state index is 0. The van der Waals surface area contributed by atoms with Gasteiger partial charge in [-0.1, -0.05) is 60.8 Å². The van der Waals surface area contributed by atoms with E-state index in [0.717, 1.165) is 51.4 Å². The SMILES string of the molecule is C.CCCCO.CCCCO.CCCCO.CCCCO.O.O.O.O.O.O.O.O.[Zr].[Zr]. The molecule has 0 aromatic rings. The van der Waals surface area contributed by atoms with Crippen molar-refractivity contribution in [1.29, 1.82) is 0 Å². The van der Waals surface area contributed by atoms with Gasteiger partial charge in [-0.15, -0.1) is 0 Å². The molecule has 0 aliphatic rings. The van der Waals surface area contributed by atoms with Gasteiger partial charge in [-0.05, 0) is 25.7 Å². The minimum Gasteiger partial charge on any atom is -0.412 e. The Kier molecular flexibility index (Phi) is 555. The van der Waals surface area contributed by atoms with E-state index in [4.69, 9.17) is 20.4 Å². The Hall–Kier alpha value is 1.29. The van der Waals surface area contributed by atoms with E-state index in [0.29, 0.717) is 26.4 Å². The van der Waals surface area contributed by atoms with Gasteiger partial charge < -0.3 is 64.2 Å². The summed E-state index contributed by atoms with van der Waals surface area (Å²) in [5.74, 6) is 0. The first-order chi connectivity index (χ1) is 9.66. The molecule has 12 nitrogen and oxygen atoms in total. The van der Waals surface area contributed by atoms with Gasteiger partial charge in [0, 0.05) is 78.8 Å². The summed E-state index contributed by atoms with van der Waals surface area (Å²) in [6, 6.07) is 0. The summed E-state index contributed by atoms with van der Waals surface area (Å²) in [5, 5.41) is 32.3. The molecule has 31 heavy (non-hydrogen) atoms. The van der Waals surface area contributed by atoms with Crippen LogP contribution < -0.4 is 0 Å². The Morgan fingerprint density at radius 1 is 0.355 bits per heavy atom. The molecule has 0 atom stereocenters. The summed E-state index contributed by atoms with van der Waals surface area (Å²) in [6.07, 6.45) is 8.15. The maximum Gasteiger partial charge on any atom is 0.0430 e. The van der Waals surface area contributed by atoms with E-state index in [1.807, 2.05) is 0 Å². The van der Waals surface area contributed by atoms with E-state index in [1.165, 1.54) is 0 Å². The molecule has 0 radical (unpaired) electrons. The molecule has 0 heterocycles. The molecule has 0 bridgehead atoms. The van der Waals surface area contributed by atoms with E-state index in [-0.39, 0.29) is 104 Å². The van der Waals surface area contributed by atoms with Gasteiger partial charge in [-0.3, -0.25) is 0 Å². The normalized spacial score (nSPS) is 5.42. The van der Waals surface area contributed by atoms with Gasteiger partial charge in [0.15, 0.2) is 0 Å². The molecule has 0 spiro atoms. The van der Waals surface area contributed by atoms with Crippen molar-refractivity contribution in [1.82, 2.24) is 0 Å². The monoisotopic (exact) mass is 636 g/mol. The standard InChI is InChI=1S/4C4H10O.CH4.8H2O.2Zr/c4*1-2-3-4-5;;;;;;;;;;;/h4*5H,2-4H2,1H3;1H4;8*1H2;;. The number of unbranched alkanes of at least 4 members (excludes halogenated alkanes) is 4. The molecular formula is C17H60O12Zr2. The van der Waals surface area contributed by atoms with Crippen molar-refractivity contribution in [2.45, 2.75) is 86.5 Å². The van der Waals surface area contributed by atoms with E-state index < -0.39 is 0 Å². The second-order valence-electron chi connectivity index (χ2n) is 4.31. The van der Waals surface area contributed by atoms with Gasteiger partial charge in [0.25, 0.3) is 0 Å². The fourth-order valence-corrected chi connectivity index (χ4v) is 0.632. The summed E-state index contributed by atoms with van der Waals surface area (Å²) in [4.78, 5) is 0. The van der Waals surface area contributed by atoms with Crippen LogP contribution in [0.25, 0.3) is 0 Å². The van der Waals surface area contributed by atoms with E-state index >= 15 is 0 Å². The first-order valence-corrected chi connectivity index (χ1v) is 8.09. The number of hydrogen-bond acceptors (Lipinski definition) is 4. The summed E-state index contributed by atoms with van der Waals surface area (Å²) < 4.78 is 0. The molecule has 14 heteroatoms. The van der Waals surface area contributed by atoms with Gasteiger partial charge in [0.1, 0.15) is 0 Å². The van der Waals surface area contributed by atoms with Crippen molar-refractivity contribution < 1.29 is 117 Å². The van der Waals surface area contributed by atoms with Crippen LogP contribution in [0.5, 0.6) is 0 Å². The molecule has 0 rings (SSSR count). The average Bonchev–Trinajstić information content (AvgIpc) is 2.44. The maximum absolute atomic E-state index is 8.07. The van der Waals surface area contributed by atoms with Crippen LogP contribution >= 0.6 is 0 Å². The first-order valence-electron chi connectivity index (χ1n) is 8.09. The molecule has 208 valence electrons. The molecule has 0 aliphatic carbocycles. The zero-order chi connectivity index (χ0) is 16.5. The quantitative estimate of drug-likeness (QED) is 0.218. The number of aliphatic hydroxyl groups excluding tert-OH is 4. The summed E-state index contributed by atoms with van der Waals surface area (Å²) in [5.41, 5.74) is 0.